The summed E-state index contributed by atoms with van der Waals surface area (Å²) < 4.78 is 33.4. The van der Waals surface area contributed by atoms with Crippen LogP contribution in [0.4, 0.5) is 0 Å². The maximum absolute atomic E-state index is 12.8. The number of allylic oxidation sites excluding steroid dienone is 14. The first kappa shape index (κ1) is 56.0. The van der Waals surface area contributed by atoms with Crippen molar-refractivity contribution in [2.75, 3.05) is 13.2 Å². The predicted octanol–water partition coefficient (Wildman–Crippen LogP) is 8.50. The molecule has 0 aromatic carbocycles. The standard InChI is InChI=1S/C47H77O13P/c1-3-5-7-9-11-13-15-17-18-19-20-21-22-24-25-27-29-31-33-35-40(48)57-37-39(38-58-61(55,56)60-47-45(53)43(51)42(50)44(52)46(47)54)59-41(49)36-34-32-30-28-26-23-16-14-12-10-8-6-4-2/h5-8,10-14,16-18,23,26,39,42-47,50-54H,3-4,9,15,19-22,24-25,27-38H2,1-2H3,(H,55,56)/b7-5+,8-6+,12-10+,13-11+,16-14+,18-17+,26-23+/t39?,42?,43-,44?,45?,46?,47?/m0/s1. The van der Waals surface area contributed by atoms with Crippen molar-refractivity contribution in [2.45, 2.75) is 185 Å². The predicted molar refractivity (Wildman–Crippen MR) is 239 cm³/mol. The van der Waals surface area contributed by atoms with Crippen LogP contribution in [0.1, 0.15) is 142 Å². The summed E-state index contributed by atoms with van der Waals surface area (Å²) in [6.07, 6.45) is 33.6. The van der Waals surface area contributed by atoms with Crippen molar-refractivity contribution in [3.63, 3.8) is 0 Å². The second-order valence-electron chi connectivity index (χ2n) is 15.2. The van der Waals surface area contributed by atoms with Crippen molar-refractivity contribution in [2.24, 2.45) is 0 Å². The number of hydrogen-bond donors (Lipinski definition) is 6. The average Bonchev–Trinajstić information content (AvgIpc) is 3.24. The molecule has 0 aromatic rings. The molecular weight excluding hydrogens is 803 g/mol. The van der Waals surface area contributed by atoms with Gasteiger partial charge in [0, 0.05) is 12.8 Å². The summed E-state index contributed by atoms with van der Waals surface area (Å²) in [5, 5.41) is 50.1. The zero-order valence-corrected chi connectivity index (χ0v) is 37.6. The molecule has 348 valence electrons. The Morgan fingerprint density at radius 3 is 1.56 bits per heavy atom. The van der Waals surface area contributed by atoms with Gasteiger partial charge in [0.1, 0.15) is 43.2 Å². The van der Waals surface area contributed by atoms with Gasteiger partial charge < -0.3 is 39.9 Å². The summed E-state index contributed by atoms with van der Waals surface area (Å²) in [4.78, 5) is 35.6. The molecule has 6 N–H and O–H groups in total. The van der Waals surface area contributed by atoms with E-state index >= 15 is 0 Å². The fourth-order valence-corrected chi connectivity index (χ4v) is 7.22. The lowest BCUT2D eigenvalue weighted by atomic mass is 9.85. The van der Waals surface area contributed by atoms with Gasteiger partial charge in [-0.3, -0.25) is 18.6 Å². The minimum absolute atomic E-state index is 0.0448. The molecule has 1 fully saturated rings. The Kier molecular flexibility index (Phi) is 33.5. The van der Waals surface area contributed by atoms with E-state index in [1.807, 2.05) is 42.5 Å². The molecule has 0 aliphatic heterocycles. The molecule has 1 saturated carbocycles. The molecule has 61 heavy (non-hydrogen) atoms. The van der Waals surface area contributed by atoms with E-state index in [2.05, 4.69) is 56.4 Å². The molecule has 1 aliphatic carbocycles. The van der Waals surface area contributed by atoms with Gasteiger partial charge in [-0.05, 0) is 64.2 Å². The largest absolute Gasteiger partial charge is 0.472 e. The van der Waals surface area contributed by atoms with E-state index in [1.54, 1.807) is 0 Å². The minimum atomic E-state index is -5.13. The Morgan fingerprint density at radius 1 is 0.525 bits per heavy atom. The maximum Gasteiger partial charge on any atom is 0.472 e. The summed E-state index contributed by atoms with van der Waals surface area (Å²) in [5.41, 5.74) is 0. The first-order valence-electron chi connectivity index (χ1n) is 22.4. The number of carbonyl (C=O) groups is 2. The molecule has 0 spiro atoms. The molecule has 1 aliphatic rings. The number of esters is 2. The molecule has 0 radical (unpaired) electrons. The summed E-state index contributed by atoms with van der Waals surface area (Å²) in [6, 6.07) is 0. The third-order valence-corrected chi connectivity index (χ3v) is 10.8. The number of aliphatic hydroxyl groups is 5. The van der Waals surface area contributed by atoms with Gasteiger partial charge in [0.25, 0.3) is 0 Å². The van der Waals surface area contributed by atoms with E-state index in [0.29, 0.717) is 12.8 Å². The second kappa shape index (κ2) is 36.5. The molecule has 1 rings (SSSR count). The Hall–Kier alpha value is -2.97. The number of phosphoric ester groups is 1. The molecule has 0 saturated heterocycles. The fourth-order valence-electron chi connectivity index (χ4n) is 6.25. The van der Waals surface area contributed by atoms with E-state index in [-0.39, 0.29) is 12.8 Å². The number of rotatable bonds is 35. The molecule has 13 nitrogen and oxygen atoms in total. The van der Waals surface area contributed by atoms with Gasteiger partial charge in [-0.2, -0.15) is 0 Å². The Balaban J connectivity index is 2.47. The third kappa shape index (κ3) is 29.1. The van der Waals surface area contributed by atoms with E-state index in [1.165, 1.54) is 25.7 Å². The normalized spacial score (nSPS) is 22.8. The van der Waals surface area contributed by atoms with Crippen molar-refractivity contribution in [3.05, 3.63) is 85.1 Å². The van der Waals surface area contributed by atoms with Gasteiger partial charge in [0.15, 0.2) is 6.10 Å². The lowest BCUT2D eigenvalue weighted by Crippen LogP contribution is -2.64. The number of carbonyl (C=O) groups excluding carboxylic acids is 2. The van der Waals surface area contributed by atoms with Crippen LogP contribution in [-0.4, -0.2) is 98.3 Å². The first-order valence-corrected chi connectivity index (χ1v) is 23.9. The van der Waals surface area contributed by atoms with Gasteiger partial charge in [-0.15, -0.1) is 0 Å². The van der Waals surface area contributed by atoms with Crippen molar-refractivity contribution >= 4 is 19.8 Å². The van der Waals surface area contributed by atoms with Crippen LogP contribution in [0, 0.1) is 0 Å². The van der Waals surface area contributed by atoms with Gasteiger partial charge in [-0.25, -0.2) is 4.57 Å². The lowest BCUT2D eigenvalue weighted by molar-refractivity contribution is -0.220. The van der Waals surface area contributed by atoms with Crippen LogP contribution in [0.25, 0.3) is 0 Å². The smallest absolute Gasteiger partial charge is 0.462 e. The van der Waals surface area contributed by atoms with E-state index in [0.717, 1.165) is 77.0 Å². The van der Waals surface area contributed by atoms with E-state index < -0.39 is 75.7 Å². The number of phosphoric acid groups is 1. The maximum atomic E-state index is 12.8. The average molecular weight is 881 g/mol. The first-order chi connectivity index (χ1) is 29.4. The van der Waals surface area contributed by atoms with E-state index in [4.69, 9.17) is 18.5 Å². The quantitative estimate of drug-likeness (QED) is 0.0116. The molecule has 0 heterocycles. The van der Waals surface area contributed by atoms with Crippen LogP contribution >= 0.6 is 7.82 Å². The second-order valence-corrected chi connectivity index (χ2v) is 16.6. The van der Waals surface area contributed by atoms with E-state index in [9.17, 15) is 44.6 Å². The molecule has 14 heteroatoms. The Morgan fingerprint density at radius 2 is 0.967 bits per heavy atom. The fraction of sp³-hybridized carbons (Fsp3) is 0.660. The lowest BCUT2D eigenvalue weighted by Gasteiger charge is -2.41. The molecular formula is C47H77O13P. The van der Waals surface area contributed by atoms with Crippen LogP contribution in [0.2, 0.25) is 0 Å². The number of aliphatic hydroxyl groups excluding tert-OH is 5. The van der Waals surface area contributed by atoms with Crippen LogP contribution in [0.5, 0.6) is 0 Å². The minimum Gasteiger partial charge on any atom is -0.462 e. The topological polar surface area (TPSA) is 210 Å². The Labute approximate surface area is 365 Å². The summed E-state index contributed by atoms with van der Waals surface area (Å²) in [6.45, 7) is 2.99. The van der Waals surface area contributed by atoms with Gasteiger partial charge >= 0.3 is 19.8 Å². The molecule has 8 atom stereocenters. The van der Waals surface area contributed by atoms with Crippen molar-refractivity contribution < 1.29 is 63.1 Å². The van der Waals surface area contributed by atoms with Crippen molar-refractivity contribution in [1.29, 1.82) is 0 Å². The zero-order valence-electron chi connectivity index (χ0n) is 36.7. The van der Waals surface area contributed by atoms with Crippen LogP contribution in [0.3, 0.4) is 0 Å². The molecule has 0 amide bonds. The third-order valence-electron chi connectivity index (χ3n) is 9.83. The number of ether oxygens (including phenoxy) is 2. The summed E-state index contributed by atoms with van der Waals surface area (Å²) in [7, 11) is -5.13. The van der Waals surface area contributed by atoms with Crippen LogP contribution < -0.4 is 0 Å². The van der Waals surface area contributed by atoms with Crippen LogP contribution in [-0.2, 0) is 32.7 Å². The monoisotopic (exact) mass is 881 g/mol. The highest BCUT2D eigenvalue weighted by atomic mass is 31.2. The van der Waals surface area contributed by atoms with Gasteiger partial charge in [0.05, 0.1) is 6.61 Å². The SMILES string of the molecule is CC/C=C/C=C/C=C/C=C/CCCCCC(=O)OC(COC(=O)CCCCCCCCCCC/C=C/C/C=C/C/C=C/CC)COP(=O)(O)OC1C(O)C(O)C(O)[C@H](O)C1O. The molecule has 7 unspecified atom stereocenters. The molecule has 0 bridgehead atoms. The summed E-state index contributed by atoms with van der Waals surface area (Å²) in [5.74, 6) is -1.16. The highest BCUT2D eigenvalue weighted by Crippen LogP contribution is 2.47. The van der Waals surface area contributed by atoms with Crippen LogP contribution in [0.15, 0.2) is 85.1 Å². The molecule has 0 aromatic heterocycles. The summed E-state index contributed by atoms with van der Waals surface area (Å²) >= 11 is 0. The van der Waals surface area contributed by atoms with Crippen molar-refractivity contribution in [3.8, 4) is 0 Å². The number of unbranched alkanes of at least 4 members (excludes halogenated alkanes) is 12. The Bertz CT molecular complexity index is 1390. The number of hydrogen-bond acceptors (Lipinski definition) is 12. The van der Waals surface area contributed by atoms with Gasteiger partial charge in [0.2, 0.25) is 0 Å². The van der Waals surface area contributed by atoms with Gasteiger partial charge in [-0.1, -0.05) is 150 Å². The highest BCUT2D eigenvalue weighted by molar-refractivity contribution is 7.47. The van der Waals surface area contributed by atoms with Crippen molar-refractivity contribution in [1.82, 2.24) is 0 Å². The zero-order chi connectivity index (χ0) is 45.0. The highest BCUT2D eigenvalue weighted by Gasteiger charge is 2.51.